The summed E-state index contributed by atoms with van der Waals surface area (Å²) in [6.45, 7) is -0.0176. The van der Waals surface area contributed by atoms with Crippen LogP contribution in [-0.4, -0.2) is 17.0 Å². The zero-order valence-electron chi connectivity index (χ0n) is 7.67. The summed E-state index contributed by atoms with van der Waals surface area (Å²) in [5.74, 6) is -2.81. The molecule has 0 fully saturated rings. The molecule has 0 bridgehead atoms. The molecule has 7 heteroatoms. The van der Waals surface area contributed by atoms with Gasteiger partial charge in [-0.1, -0.05) is 0 Å². The van der Waals surface area contributed by atoms with Crippen LogP contribution in [0, 0.1) is 10.7 Å². The minimum absolute atomic E-state index is 0.0176. The number of aliphatic carboxylic acids is 1. The molecule has 0 saturated carbocycles. The predicted molar refractivity (Wildman–Crippen MR) is 82.0 cm³/mol. The number of carboxylic acids is 1. The maximum Gasteiger partial charge on any atom is 0.417 e. The highest BCUT2D eigenvalue weighted by atomic mass is 127. The Morgan fingerprint density at radius 2 is 1.88 bits per heavy atom. The van der Waals surface area contributed by atoms with E-state index in [-0.39, 0.29) is 6.61 Å². The average Bonchev–Trinajstić information content (AvgIpc) is 2.20. The van der Waals surface area contributed by atoms with Gasteiger partial charge >= 0.3 is 11.9 Å². The molecule has 1 aromatic carbocycles. The maximum absolute atomic E-state index is 10.8. The molecule has 0 aliphatic rings. The number of hydrogen-bond acceptors (Lipinski definition) is 3. The van der Waals surface area contributed by atoms with Crippen molar-refractivity contribution in [2.75, 3.05) is 0 Å². The molecule has 0 saturated heterocycles. The minimum atomic E-state index is -1.57. The van der Waals surface area contributed by atoms with E-state index in [1.807, 2.05) is 12.1 Å². The summed E-state index contributed by atoms with van der Waals surface area (Å²) in [4.78, 5) is 21.0. The Morgan fingerprint density at radius 3 is 2.44 bits per heavy atom. The van der Waals surface area contributed by atoms with E-state index in [0.29, 0.717) is 0 Å². The van der Waals surface area contributed by atoms with Gasteiger partial charge in [0.25, 0.3) is 0 Å². The number of rotatable bonds is 2. The van der Waals surface area contributed by atoms with E-state index < -0.39 is 11.9 Å². The third-order valence-corrected chi connectivity index (χ3v) is 5.38. The van der Waals surface area contributed by atoms with Crippen LogP contribution in [0.1, 0.15) is 5.56 Å². The van der Waals surface area contributed by atoms with Gasteiger partial charge in [-0.15, -0.1) is 0 Å². The Morgan fingerprint density at radius 1 is 1.25 bits per heavy atom. The molecule has 16 heavy (non-hydrogen) atoms. The summed E-state index contributed by atoms with van der Waals surface area (Å²) < 4.78 is 7.66. The average molecular weight is 558 g/mol. The third-order valence-electron chi connectivity index (χ3n) is 1.60. The molecule has 1 rings (SSSR count). The monoisotopic (exact) mass is 558 g/mol. The largest absolute Gasteiger partial charge is 0.473 e. The minimum Gasteiger partial charge on any atom is -0.473 e. The number of benzene rings is 1. The van der Waals surface area contributed by atoms with Gasteiger partial charge < -0.3 is 9.84 Å². The van der Waals surface area contributed by atoms with E-state index in [1.54, 1.807) is 0 Å². The first-order valence-corrected chi connectivity index (χ1v) is 7.19. The molecule has 0 amide bonds. The van der Waals surface area contributed by atoms with E-state index in [4.69, 9.17) is 5.11 Å². The zero-order valence-corrected chi connectivity index (χ0v) is 14.1. The van der Waals surface area contributed by atoms with Gasteiger partial charge in [-0.3, -0.25) is 0 Å². The fourth-order valence-electron chi connectivity index (χ4n) is 0.919. The van der Waals surface area contributed by atoms with E-state index in [1.165, 1.54) is 0 Å². The number of hydrogen-bond donors (Lipinski definition) is 1. The lowest BCUT2D eigenvalue weighted by Gasteiger charge is -2.07. The fourth-order valence-corrected chi connectivity index (χ4v) is 3.35. The molecule has 1 aromatic rings. The Labute approximate surface area is 133 Å². The van der Waals surface area contributed by atoms with Crippen LogP contribution in [0.25, 0.3) is 0 Å². The predicted octanol–water partition coefficient (Wildman–Crippen LogP) is 2.63. The SMILES string of the molecule is O=C(O)C(=O)OCc1cc(I)cc(I)c1I. The van der Waals surface area contributed by atoms with E-state index in [9.17, 15) is 9.59 Å². The Hall–Kier alpha value is 0.350. The Bertz CT molecular complexity index is 445. The van der Waals surface area contributed by atoms with Gasteiger partial charge in [-0.25, -0.2) is 9.59 Å². The first-order chi connectivity index (χ1) is 7.41. The normalized spacial score (nSPS) is 9.94. The van der Waals surface area contributed by atoms with Gasteiger partial charge in [0.1, 0.15) is 6.61 Å². The standard InChI is InChI=1S/C9H5I3O4/c10-5-1-4(7(12)6(11)2-5)3-16-9(15)8(13)14/h1-2H,3H2,(H,13,14). The van der Waals surface area contributed by atoms with Gasteiger partial charge in [0.2, 0.25) is 0 Å². The van der Waals surface area contributed by atoms with Crippen molar-refractivity contribution in [1.29, 1.82) is 0 Å². The summed E-state index contributed by atoms with van der Waals surface area (Å²) in [6, 6.07) is 3.85. The lowest BCUT2D eigenvalue weighted by atomic mass is 10.2. The molecule has 0 unspecified atom stereocenters. The first kappa shape index (κ1) is 14.4. The lowest BCUT2D eigenvalue weighted by molar-refractivity contribution is -0.164. The van der Waals surface area contributed by atoms with Crippen molar-refractivity contribution in [1.82, 2.24) is 0 Å². The van der Waals surface area contributed by atoms with E-state index >= 15 is 0 Å². The molecule has 1 N–H and O–H groups in total. The van der Waals surface area contributed by atoms with Crippen LogP contribution >= 0.6 is 67.8 Å². The van der Waals surface area contributed by atoms with Gasteiger partial charge in [0, 0.05) is 16.3 Å². The van der Waals surface area contributed by atoms with E-state index in [0.717, 1.165) is 16.3 Å². The van der Waals surface area contributed by atoms with Gasteiger partial charge in [0.15, 0.2) is 0 Å². The molecule has 4 nitrogen and oxygen atoms in total. The highest BCUT2D eigenvalue weighted by molar-refractivity contribution is 14.1. The number of esters is 1. The molecule has 0 radical (unpaired) electrons. The van der Waals surface area contributed by atoms with Crippen molar-refractivity contribution in [3.63, 3.8) is 0 Å². The maximum atomic E-state index is 10.8. The van der Waals surface area contributed by atoms with Crippen LogP contribution in [0.2, 0.25) is 0 Å². The second-order valence-electron chi connectivity index (χ2n) is 2.74. The Kier molecular flexibility index (Phi) is 5.70. The fraction of sp³-hybridized carbons (Fsp3) is 0.111. The molecule has 0 heterocycles. The van der Waals surface area contributed by atoms with Crippen LogP contribution in [-0.2, 0) is 20.9 Å². The van der Waals surface area contributed by atoms with Crippen LogP contribution in [0.4, 0.5) is 0 Å². The number of carboxylic acid groups (broad SMARTS) is 1. The van der Waals surface area contributed by atoms with Crippen molar-refractivity contribution in [3.8, 4) is 0 Å². The van der Waals surface area contributed by atoms with Crippen LogP contribution in [0.5, 0.6) is 0 Å². The van der Waals surface area contributed by atoms with Crippen molar-refractivity contribution >= 4 is 79.7 Å². The highest BCUT2D eigenvalue weighted by Gasteiger charge is 2.14. The first-order valence-electron chi connectivity index (χ1n) is 3.95. The highest BCUT2D eigenvalue weighted by Crippen LogP contribution is 2.23. The van der Waals surface area contributed by atoms with Crippen molar-refractivity contribution < 1.29 is 19.4 Å². The summed E-state index contributed by atoms with van der Waals surface area (Å²) >= 11 is 6.47. The molecule has 0 aliphatic heterocycles. The van der Waals surface area contributed by atoms with Crippen molar-refractivity contribution in [2.45, 2.75) is 6.61 Å². The zero-order chi connectivity index (χ0) is 12.3. The molecule has 0 atom stereocenters. The Balaban J connectivity index is 2.82. The second kappa shape index (κ2) is 6.33. The second-order valence-corrected chi connectivity index (χ2v) is 6.23. The molecule has 86 valence electrons. The molecule has 0 aliphatic carbocycles. The number of halogens is 3. The van der Waals surface area contributed by atoms with E-state index in [2.05, 4.69) is 72.5 Å². The number of ether oxygens (including phenoxy) is 1. The summed E-state index contributed by atoms with van der Waals surface area (Å²) in [5, 5.41) is 8.36. The van der Waals surface area contributed by atoms with Gasteiger partial charge in [-0.05, 0) is 79.9 Å². The van der Waals surface area contributed by atoms with Gasteiger partial charge in [-0.2, -0.15) is 0 Å². The summed E-state index contributed by atoms with van der Waals surface area (Å²) in [6.07, 6.45) is 0. The third kappa shape index (κ3) is 3.98. The van der Waals surface area contributed by atoms with Crippen molar-refractivity contribution in [3.05, 3.63) is 28.4 Å². The summed E-state index contributed by atoms with van der Waals surface area (Å²) in [5.41, 5.74) is 0.812. The topological polar surface area (TPSA) is 63.6 Å². The van der Waals surface area contributed by atoms with Crippen molar-refractivity contribution in [2.24, 2.45) is 0 Å². The number of carbonyl (C=O) groups is 2. The van der Waals surface area contributed by atoms with Crippen LogP contribution in [0.15, 0.2) is 12.1 Å². The quantitative estimate of drug-likeness (QED) is 0.263. The molecule has 0 aromatic heterocycles. The smallest absolute Gasteiger partial charge is 0.417 e. The number of carbonyl (C=O) groups excluding carboxylic acids is 1. The molecular formula is C9H5I3O4. The van der Waals surface area contributed by atoms with Crippen LogP contribution in [0.3, 0.4) is 0 Å². The molecular weight excluding hydrogens is 553 g/mol. The molecule has 0 spiro atoms. The summed E-state index contributed by atoms with van der Waals surface area (Å²) in [7, 11) is 0. The lowest BCUT2D eigenvalue weighted by Crippen LogP contribution is -2.16. The van der Waals surface area contributed by atoms with Crippen LogP contribution < -0.4 is 0 Å². The van der Waals surface area contributed by atoms with Gasteiger partial charge in [0.05, 0.1) is 0 Å².